The largest absolute Gasteiger partial charge is 0.463 e. The van der Waals surface area contributed by atoms with Gasteiger partial charge in [-0.25, -0.2) is 13.2 Å². The van der Waals surface area contributed by atoms with Crippen LogP contribution in [0.2, 0.25) is 0 Å². The maximum absolute atomic E-state index is 13.1. The summed E-state index contributed by atoms with van der Waals surface area (Å²) in [5.74, 6) is -0.177. The molecule has 11 heteroatoms. The first-order valence-electron chi connectivity index (χ1n) is 12.0. The van der Waals surface area contributed by atoms with Gasteiger partial charge < -0.3 is 4.74 Å². The number of anilines is 1. The Kier molecular flexibility index (Phi) is 8.11. The normalized spacial score (nSPS) is 19.0. The highest BCUT2D eigenvalue weighted by atomic mass is 32.2. The summed E-state index contributed by atoms with van der Waals surface area (Å²) in [7, 11) is -3.92. The Morgan fingerprint density at radius 1 is 1.11 bits per heavy atom. The minimum atomic E-state index is -3.92. The molecule has 1 fully saturated rings. The van der Waals surface area contributed by atoms with Crippen LogP contribution in [-0.2, 0) is 19.6 Å². The number of aryl methyl sites for hydroxylation is 2. The molecule has 36 heavy (non-hydrogen) atoms. The summed E-state index contributed by atoms with van der Waals surface area (Å²) in [6, 6.07) is 6.55. The number of rotatable bonds is 6. The molecule has 0 atom stereocenters. The van der Waals surface area contributed by atoms with E-state index < -0.39 is 15.7 Å². The van der Waals surface area contributed by atoms with Crippen LogP contribution in [0.1, 0.15) is 61.6 Å². The summed E-state index contributed by atoms with van der Waals surface area (Å²) >= 11 is 3.24. The number of esters is 1. The maximum Gasteiger partial charge on any atom is 0.354 e. The summed E-state index contributed by atoms with van der Waals surface area (Å²) in [6.45, 7) is 7.14. The number of thioether (sulfide) groups is 1. The van der Waals surface area contributed by atoms with Crippen molar-refractivity contribution in [1.29, 1.82) is 0 Å². The van der Waals surface area contributed by atoms with E-state index in [-0.39, 0.29) is 22.8 Å². The van der Waals surface area contributed by atoms with Crippen LogP contribution in [0, 0.1) is 20.8 Å². The van der Waals surface area contributed by atoms with Gasteiger partial charge in [-0.05, 0) is 71.4 Å². The van der Waals surface area contributed by atoms with E-state index in [2.05, 4.69) is 9.71 Å². The number of carbonyl (C=O) groups excluding carboxylic acids is 1. The van der Waals surface area contributed by atoms with Crippen molar-refractivity contribution in [2.45, 2.75) is 86.7 Å². The van der Waals surface area contributed by atoms with E-state index in [1.54, 1.807) is 47.4 Å². The Morgan fingerprint density at radius 2 is 1.75 bits per heavy atom. The third kappa shape index (κ3) is 5.95. The van der Waals surface area contributed by atoms with E-state index in [0.29, 0.717) is 10.9 Å². The molecule has 1 aliphatic carbocycles. The minimum absolute atomic E-state index is 0.0229. The molecule has 0 unspecified atom stereocenters. The van der Waals surface area contributed by atoms with Gasteiger partial charge in [-0.3, -0.25) is 14.1 Å². The summed E-state index contributed by atoms with van der Waals surface area (Å²) in [5.41, 5.74) is 1.71. The Labute approximate surface area is 219 Å². The van der Waals surface area contributed by atoms with E-state index in [4.69, 9.17) is 4.74 Å². The smallest absolute Gasteiger partial charge is 0.354 e. The average Bonchev–Trinajstić information content (AvgIpc) is 3.10. The number of carbonyl (C=O) groups is 1. The molecular formula is C25H31N3O5S3. The lowest BCUT2D eigenvalue weighted by atomic mass is 9.98. The topological polar surface area (TPSA) is 107 Å². The fraction of sp³-hybridized carbons (Fsp3) is 0.480. The average molecular weight is 550 g/mol. The second-order valence-corrected chi connectivity index (χ2v) is 13.7. The lowest BCUT2D eigenvalue weighted by Gasteiger charge is -2.25. The van der Waals surface area contributed by atoms with E-state index in [1.807, 2.05) is 20.8 Å². The van der Waals surface area contributed by atoms with Crippen molar-refractivity contribution in [2.75, 3.05) is 4.72 Å². The number of nitrogens with zero attached hydrogens (tertiary/aromatic N) is 2. The van der Waals surface area contributed by atoms with E-state index in [9.17, 15) is 18.0 Å². The molecule has 4 rings (SSSR count). The number of aromatic nitrogens is 2. The molecule has 3 aliphatic rings. The quantitative estimate of drug-likeness (QED) is 0.421. The third-order valence-corrected chi connectivity index (χ3v) is 10.5. The monoisotopic (exact) mass is 549 g/mol. The van der Waals surface area contributed by atoms with E-state index >= 15 is 0 Å². The number of imidazole rings is 1. The predicted octanol–water partition coefficient (Wildman–Crippen LogP) is 5.20. The van der Waals surface area contributed by atoms with Crippen molar-refractivity contribution in [1.82, 2.24) is 9.55 Å². The maximum atomic E-state index is 13.1. The number of hydrogen-bond donors (Lipinski definition) is 1. The molecule has 1 saturated carbocycles. The van der Waals surface area contributed by atoms with Gasteiger partial charge in [-0.1, -0.05) is 17.7 Å². The second-order valence-electron chi connectivity index (χ2n) is 9.21. The fourth-order valence-electron chi connectivity index (χ4n) is 4.43. The van der Waals surface area contributed by atoms with Gasteiger partial charge in [0.1, 0.15) is 11.8 Å². The molecule has 2 heterocycles. The molecule has 0 bridgehead atoms. The third-order valence-electron chi connectivity index (χ3n) is 6.40. The Hall–Kier alpha value is -2.37. The first-order valence-corrected chi connectivity index (χ1v) is 15.2. The molecule has 0 saturated heterocycles. The van der Waals surface area contributed by atoms with Crippen LogP contribution >= 0.6 is 23.1 Å². The Bertz CT molecular complexity index is 1370. The number of ether oxygens (including phenoxy) is 1. The van der Waals surface area contributed by atoms with Crippen LogP contribution in [0.15, 0.2) is 38.2 Å². The van der Waals surface area contributed by atoms with Crippen molar-refractivity contribution in [2.24, 2.45) is 0 Å². The van der Waals surface area contributed by atoms with Crippen molar-refractivity contribution < 1.29 is 17.9 Å². The fourth-order valence-corrected chi connectivity index (χ4v) is 8.39. The zero-order chi connectivity index (χ0) is 26.0. The molecular weight excluding hydrogens is 518 g/mol. The SMILES string of the molecule is CC(=O)OC1CCCC(Sc2sc(C)c(C)n3c(=O)nc(NS(=O)(=O)c4ccc(C)cc4)c2-3)CCC1. The number of hydrogen-bond acceptors (Lipinski definition) is 8. The predicted molar refractivity (Wildman–Crippen MR) is 143 cm³/mol. The number of sulfonamides is 1. The zero-order valence-corrected chi connectivity index (χ0v) is 23.3. The zero-order valence-electron chi connectivity index (χ0n) is 20.9. The summed E-state index contributed by atoms with van der Waals surface area (Å²) in [4.78, 5) is 29.4. The number of fused-ring (bicyclic) bond motifs is 1. The highest BCUT2D eigenvalue weighted by Gasteiger charge is 2.29. The van der Waals surface area contributed by atoms with Gasteiger partial charge in [0.15, 0.2) is 5.82 Å². The van der Waals surface area contributed by atoms with E-state index in [0.717, 1.165) is 58.9 Å². The number of nitrogens with one attached hydrogen (secondary N) is 1. The van der Waals surface area contributed by atoms with Crippen LogP contribution in [0.4, 0.5) is 5.82 Å². The van der Waals surface area contributed by atoms with Gasteiger partial charge in [0.2, 0.25) is 0 Å². The lowest BCUT2D eigenvalue weighted by molar-refractivity contribution is -0.147. The van der Waals surface area contributed by atoms with Gasteiger partial charge in [0, 0.05) is 22.7 Å². The number of benzene rings is 1. The van der Waals surface area contributed by atoms with Crippen LogP contribution < -0.4 is 10.4 Å². The van der Waals surface area contributed by atoms with Gasteiger partial charge in [-0.15, -0.1) is 23.1 Å². The van der Waals surface area contributed by atoms with Crippen molar-refractivity contribution in [3.05, 3.63) is 50.9 Å². The van der Waals surface area contributed by atoms with Crippen LogP contribution in [0.25, 0.3) is 5.69 Å². The summed E-state index contributed by atoms with van der Waals surface area (Å²) < 4.78 is 36.6. The minimum Gasteiger partial charge on any atom is -0.463 e. The molecule has 0 amide bonds. The molecule has 1 aromatic carbocycles. The van der Waals surface area contributed by atoms with Crippen LogP contribution in [0.3, 0.4) is 0 Å². The summed E-state index contributed by atoms with van der Waals surface area (Å²) in [6.07, 6.45) is 5.39. The van der Waals surface area contributed by atoms with Crippen molar-refractivity contribution in [3.8, 4) is 5.69 Å². The molecule has 0 radical (unpaired) electrons. The summed E-state index contributed by atoms with van der Waals surface area (Å²) in [5, 5.41) is 0.303. The van der Waals surface area contributed by atoms with Crippen molar-refractivity contribution >= 4 is 44.9 Å². The molecule has 8 nitrogen and oxygen atoms in total. The highest BCUT2D eigenvalue weighted by molar-refractivity contribution is 8.01. The van der Waals surface area contributed by atoms with E-state index in [1.165, 1.54) is 11.5 Å². The van der Waals surface area contributed by atoms with Crippen LogP contribution in [0.5, 0.6) is 0 Å². The van der Waals surface area contributed by atoms with Gasteiger partial charge in [-0.2, -0.15) is 4.98 Å². The lowest BCUT2D eigenvalue weighted by Crippen LogP contribution is -2.20. The van der Waals surface area contributed by atoms with Gasteiger partial charge in [0.05, 0.1) is 9.10 Å². The highest BCUT2D eigenvalue weighted by Crippen LogP contribution is 2.43. The molecule has 194 valence electrons. The molecule has 0 spiro atoms. The Balaban J connectivity index is 1.63. The van der Waals surface area contributed by atoms with Gasteiger partial charge >= 0.3 is 11.7 Å². The van der Waals surface area contributed by atoms with Crippen LogP contribution in [-0.4, -0.2) is 35.3 Å². The molecule has 1 N–H and O–H groups in total. The van der Waals surface area contributed by atoms with Crippen molar-refractivity contribution in [3.63, 3.8) is 0 Å². The first-order chi connectivity index (χ1) is 17.0. The molecule has 2 aliphatic heterocycles. The Morgan fingerprint density at radius 3 is 2.36 bits per heavy atom. The standard InChI is InChI=1S/C25H31N3O5S3/c1-15-11-13-21(14-12-15)36(31,32)27-23-22-24(34-17(3)16(2)28(22)25(30)26-23)35-20-9-5-7-19(8-6-10-20)33-18(4)29/h11-14,19-20H,5-10H2,1-4H3,(H,26,27,30). The second kappa shape index (κ2) is 10.9. The molecule has 0 aromatic heterocycles. The molecule has 1 aromatic rings. The first kappa shape index (κ1) is 26.7. The van der Waals surface area contributed by atoms with Gasteiger partial charge in [0.25, 0.3) is 10.0 Å².